The van der Waals surface area contributed by atoms with E-state index in [1.807, 2.05) is 0 Å². The van der Waals surface area contributed by atoms with Crippen LogP contribution in [-0.2, 0) is 11.3 Å². The first-order chi connectivity index (χ1) is 11.4. The van der Waals surface area contributed by atoms with Crippen molar-refractivity contribution in [3.63, 3.8) is 0 Å². The second-order valence-electron chi connectivity index (χ2n) is 5.12. The van der Waals surface area contributed by atoms with Crippen LogP contribution in [0.15, 0.2) is 42.5 Å². The summed E-state index contributed by atoms with van der Waals surface area (Å²) in [5, 5.41) is 0.524. The average Bonchev–Trinajstić information content (AvgIpc) is 2.54. The van der Waals surface area contributed by atoms with Gasteiger partial charge in [-0.1, -0.05) is 17.7 Å². The maximum atomic E-state index is 13.5. The van der Waals surface area contributed by atoms with Gasteiger partial charge in [0, 0.05) is 35.8 Å². The van der Waals surface area contributed by atoms with Crippen LogP contribution in [0.1, 0.15) is 11.1 Å². The normalized spacial score (nSPS) is 10.9. The molecule has 6 heteroatoms. The Bertz CT molecular complexity index is 757. The van der Waals surface area contributed by atoms with E-state index in [-0.39, 0.29) is 12.1 Å². The minimum absolute atomic E-state index is 0.243. The van der Waals surface area contributed by atoms with Crippen LogP contribution in [0.2, 0.25) is 5.02 Å². The summed E-state index contributed by atoms with van der Waals surface area (Å²) in [7, 11) is 3.10. The largest absolute Gasteiger partial charge is 0.496 e. The van der Waals surface area contributed by atoms with Crippen molar-refractivity contribution >= 4 is 23.6 Å². The maximum absolute atomic E-state index is 13.5. The molecule has 0 unspecified atom stereocenters. The first-order valence-corrected chi connectivity index (χ1v) is 7.49. The number of amides is 1. The second-order valence-corrected chi connectivity index (χ2v) is 5.56. The smallest absolute Gasteiger partial charge is 0.246 e. The van der Waals surface area contributed by atoms with E-state index in [9.17, 15) is 13.6 Å². The molecule has 0 saturated carbocycles. The van der Waals surface area contributed by atoms with Crippen molar-refractivity contribution in [1.82, 2.24) is 4.90 Å². The van der Waals surface area contributed by atoms with Crippen molar-refractivity contribution in [3.05, 3.63) is 70.3 Å². The molecule has 0 aromatic heterocycles. The van der Waals surface area contributed by atoms with Gasteiger partial charge in [0.2, 0.25) is 5.91 Å². The molecule has 24 heavy (non-hydrogen) atoms. The lowest BCUT2D eigenvalue weighted by atomic mass is 10.1. The number of carbonyl (C=O) groups is 1. The number of likely N-dealkylation sites (N-methyl/N-ethyl adjacent to an activating group) is 1. The minimum Gasteiger partial charge on any atom is -0.496 e. The zero-order valence-electron chi connectivity index (χ0n) is 13.2. The number of hydrogen-bond donors (Lipinski definition) is 0. The fraction of sp³-hybridized carbons (Fsp3) is 0.167. The van der Waals surface area contributed by atoms with Gasteiger partial charge in [0.15, 0.2) is 0 Å². The highest BCUT2D eigenvalue weighted by Crippen LogP contribution is 2.24. The number of hydrogen-bond acceptors (Lipinski definition) is 2. The van der Waals surface area contributed by atoms with E-state index in [0.29, 0.717) is 10.8 Å². The van der Waals surface area contributed by atoms with Gasteiger partial charge in [-0.3, -0.25) is 4.79 Å². The number of carbonyl (C=O) groups excluding carboxylic acids is 1. The van der Waals surface area contributed by atoms with Gasteiger partial charge in [0.25, 0.3) is 0 Å². The summed E-state index contributed by atoms with van der Waals surface area (Å²) in [6, 6.07) is 8.63. The van der Waals surface area contributed by atoms with E-state index in [4.69, 9.17) is 16.3 Å². The molecule has 0 atom stereocenters. The Labute approximate surface area is 144 Å². The van der Waals surface area contributed by atoms with Gasteiger partial charge in [-0.15, -0.1) is 0 Å². The standard InChI is InChI=1S/C18H16ClF2NO2/c1-22(11-12-10-13(19)6-8-17(12)24-2)18(23)9-7-14-15(20)4-3-5-16(14)21/h3-10H,11H2,1-2H3/b9-7+. The van der Waals surface area contributed by atoms with E-state index >= 15 is 0 Å². The topological polar surface area (TPSA) is 29.5 Å². The number of ether oxygens (including phenoxy) is 1. The number of benzene rings is 2. The van der Waals surface area contributed by atoms with Crippen LogP contribution >= 0.6 is 11.6 Å². The van der Waals surface area contributed by atoms with Crippen molar-refractivity contribution in [3.8, 4) is 5.75 Å². The predicted molar refractivity (Wildman–Crippen MR) is 89.9 cm³/mol. The van der Waals surface area contributed by atoms with Gasteiger partial charge in [0.05, 0.1) is 7.11 Å². The van der Waals surface area contributed by atoms with Gasteiger partial charge in [-0.25, -0.2) is 8.78 Å². The highest BCUT2D eigenvalue weighted by molar-refractivity contribution is 6.30. The number of rotatable bonds is 5. The molecule has 0 bridgehead atoms. The molecule has 2 aromatic rings. The second kappa shape index (κ2) is 7.93. The maximum Gasteiger partial charge on any atom is 0.246 e. The molecule has 0 spiro atoms. The SMILES string of the molecule is COc1ccc(Cl)cc1CN(C)C(=O)/C=C/c1c(F)cccc1F. The van der Waals surface area contributed by atoms with E-state index in [1.54, 1.807) is 25.2 Å². The third-order valence-electron chi connectivity index (χ3n) is 3.42. The number of halogens is 3. The number of methoxy groups -OCH3 is 1. The lowest BCUT2D eigenvalue weighted by Gasteiger charge is -2.17. The Balaban J connectivity index is 2.13. The van der Waals surface area contributed by atoms with Crippen LogP contribution in [-0.4, -0.2) is 25.0 Å². The average molecular weight is 352 g/mol. The summed E-state index contributed by atoms with van der Waals surface area (Å²) in [4.78, 5) is 13.5. The first kappa shape index (κ1) is 17.9. The molecule has 2 rings (SSSR count). The lowest BCUT2D eigenvalue weighted by Crippen LogP contribution is -2.24. The fourth-order valence-electron chi connectivity index (χ4n) is 2.16. The van der Waals surface area contributed by atoms with Crippen LogP contribution in [0.3, 0.4) is 0 Å². The molecular weight excluding hydrogens is 336 g/mol. The molecule has 0 radical (unpaired) electrons. The minimum atomic E-state index is -0.724. The van der Waals surface area contributed by atoms with Crippen LogP contribution < -0.4 is 4.74 Å². The molecule has 2 aromatic carbocycles. The molecule has 0 aliphatic heterocycles. The summed E-state index contributed by atoms with van der Waals surface area (Å²) >= 11 is 5.96. The van der Waals surface area contributed by atoms with Gasteiger partial charge >= 0.3 is 0 Å². The monoisotopic (exact) mass is 351 g/mol. The molecule has 126 valence electrons. The van der Waals surface area contributed by atoms with Crippen molar-refractivity contribution in [2.75, 3.05) is 14.2 Å². The third-order valence-corrected chi connectivity index (χ3v) is 3.65. The number of nitrogens with zero attached hydrogens (tertiary/aromatic N) is 1. The molecule has 0 N–H and O–H groups in total. The van der Waals surface area contributed by atoms with E-state index < -0.39 is 17.5 Å². The van der Waals surface area contributed by atoms with E-state index in [0.717, 1.165) is 29.8 Å². The highest BCUT2D eigenvalue weighted by atomic mass is 35.5. The van der Waals surface area contributed by atoms with Gasteiger partial charge < -0.3 is 9.64 Å². The summed E-state index contributed by atoms with van der Waals surface area (Å²) in [6.07, 6.45) is 2.25. The van der Waals surface area contributed by atoms with Crippen molar-refractivity contribution in [1.29, 1.82) is 0 Å². The molecule has 1 amide bonds. The van der Waals surface area contributed by atoms with Crippen molar-refractivity contribution < 1.29 is 18.3 Å². The quantitative estimate of drug-likeness (QED) is 0.752. The third kappa shape index (κ3) is 4.32. The van der Waals surface area contributed by atoms with Crippen LogP contribution in [0.5, 0.6) is 5.75 Å². The van der Waals surface area contributed by atoms with E-state index in [2.05, 4.69) is 0 Å². The summed E-state index contributed by atoms with van der Waals surface area (Å²) in [5.74, 6) is -1.25. The summed E-state index contributed by atoms with van der Waals surface area (Å²) < 4.78 is 32.3. The molecule has 0 saturated heterocycles. The molecule has 0 heterocycles. The van der Waals surface area contributed by atoms with Gasteiger partial charge in [0.1, 0.15) is 17.4 Å². The zero-order valence-corrected chi connectivity index (χ0v) is 14.0. The Morgan fingerprint density at radius 1 is 1.25 bits per heavy atom. The zero-order chi connectivity index (χ0) is 17.7. The van der Waals surface area contributed by atoms with Gasteiger partial charge in [-0.05, 0) is 36.4 Å². The molecule has 0 aliphatic rings. The van der Waals surface area contributed by atoms with Crippen LogP contribution in [0.25, 0.3) is 6.08 Å². The molecule has 0 aliphatic carbocycles. The van der Waals surface area contributed by atoms with Gasteiger partial charge in [-0.2, -0.15) is 0 Å². The highest BCUT2D eigenvalue weighted by Gasteiger charge is 2.11. The summed E-state index contributed by atoms with van der Waals surface area (Å²) in [5.41, 5.74) is 0.478. The molecular formula is C18H16ClF2NO2. The van der Waals surface area contributed by atoms with Crippen LogP contribution in [0.4, 0.5) is 8.78 Å². The van der Waals surface area contributed by atoms with E-state index in [1.165, 1.54) is 18.1 Å². The van der Waals surface area contributed by atoms with Crippen molar-refractivity contribution in [2.24, 2.45) is 0 Å². The lowest BCUT2D eigenvalue weighted by molar-refractivity contribution is -0.125. The van der Waals surface area contributed by atoms with Crippen molar-refractivity contribution in [2.45, 2.75) is 6.54 Å². The fourth-order valence-corrected chi connectivity index (χ4v) is 2.35. The Kier molecular flexibility index (Phi) is 5.93. The Morgan fingerprint density at radius 3 is 2.54 bits per heavy atom. The molecule has 0 fully saturated rings. The first-order valence-electron chi connectivity index (χ1n) is 7.12. The predicted octanol–water partition coefficient (Wildman–Crippen LogP) is 4.30. The molecule has 3 nitrogen and oxygen atoms in total. The summed E-state index contributed by atoms with van der Waals surface area (Å²) in [6.45, 7) is 0.243. The Morgan fingerprint density at radius 2 is 1.92 bits per heavy atom. The van der Waals surface area contributed by atoms with Crippen LogP contribution in [0, 0.1) is 11.6 Å². The Hall–Kier alpha value is -2.40.